The topological polar surface area (TPSA) is 84.8 Å². The third-order valence-electron chi connectivity index (χ3n) is 3.59. The van der Waals surface area contributed by atoms with Gasteiger partial charge in [-0.2, -0.15) is 39.1 Å². The Morgan fingerprint density at radius 2 is 1.81 bits per heavy atom. The number of nitrogens with one attached hydrogen (secondary N) is 1. The van der Waals surface area contributed by atoms with Crippen molar-refractivity contribution >= 4 is 50.2 Å². The van der Waals surface area contributed by atoms with Gasteiger partial charge in [-0.25, -0.2) is 9.97 Å². The fourth-order valence-corrected chi connectivity index (χ4v) is 4.47. The second-order valence-corrected chi connectivity index (χ2v) is 9.69. The Morgan fingerprint density at radius 3 is 2.42 bits per heavy atom. The third-order valence-corrected chi connectivity index (χ3v) is 6.62. The van der Waals surface area contributed by atoms with E-state index in [1.165, 1.54) is 10.8 Å². The molecule has 2 heterocycles. The number of hydrogen-bond acceptors (Lipinski definition) is 7. The first kappa shape index (κ1) is 23.7. The molecule has 3 rings (SSSR count). The number of alkyl halides is 6. The molecule has 0 atom stereocenters. The molecule has 6 nitrogen and oxygen atoms in total. The van der Waals surface area contributed by atoms with Crippen molar-refractivity contribution in [1.82, 2.24) is 14.3 Å². The van der Waals surface area contributed by atoms with Crippen molar-refractivity contribution in [3.05, 3.63) is 33.6 Å². The van der Waals surface area contributed by atoms with Gasteiger partial charge in [-0.3, -0.25) is 4.72 Å². The van der Waals surface area contributed by atoms with Gasteiger partial charge in [-0.05, 0) is 29.7 Å². The van der Waals surface area contributed by atoms with Crippen LogP contribution in [0.2, 0.25) is 5.02 Å². The summed E-state index contributed by atoms with van der Waals surface area (Å²) in [5.41, 5.74) is -5.27. The highest BCUT2D eigenvalue weighted by molar-refractivity contribution is 7.93. The van der Waals surface area contributed by atoms with Crippen LogP contribution in [0.5, 0.6) is 0 Å². The highest BCUT2D eigenvalue weighted by atomic mass is 35.5. The Hall–Kier alpha value is -1.97. The monoisotopic (exact) mass is 522 g/mol. The largest absolute Gasteiger partial charge is 0.516 e. The van der Waals surface area contributed by atoms with Crippen molar-refractivity contribution < 1.29 is 34.8 Å². The lowest BCUT2D eigenvalue weighted by Gasteiger charge is -2.11. The number of thiazole rings is 1. The zero-order valence-corrected chi connectivity index (χ0v) is 18.0. The molecule has 0 radical (unpaired) electrons. The smallest absolute Gasteiger partial charge is 0.276 e. The maximum Gasteiger partial charge on any atom is 0.516 e. The summed E-state index contributed by atoms with van der Waals surface area (Å²) >= 11 is 7.98. The Kier molecular flexibility index (Phi) is 6.51. The van der Waals surface area contributed by atoms with E-state index in [9.17, 15) is 34.8 Å². The summed E-state index contributed by atoms with van der Waals surface area (Å²) in [6, 6.07) is 3.36. The number of halogens is 7. The van der Waals surface area contributed by atoms with E-state index >= 15 is 0 Å². The van der Waals surface area contributed by atoms with Gasteiger partial charge >= 0.3 is 21.7 Å². The van der Waals surface area contributed by atoms with Gasteiger partial charge in [0.15, 0.2) is 5.01 Å². The van der Waals surface area contributed by atoms with E-state index in [0.29, 0.717) is 16.3 Å². The normalized spacial score (nSPS) is 12.9. The zero-order valence-electron chi connectivity index (χ0n) is 14.8. The van der Waals surface area contributed by atoms with Crippen LogP contribution in [-0.2, 0) is 16.4 Å². The molecule has 0 saturated heterocycles. The number of hydrogen-bond donors (Lipinski definition) is 1. The predicted molar refractivity (Wildman–Crippen MR) is 104 cm³/mol. The van der Waals surface area contributed by atoms with Crippen LogP contribution in [0.25, 0.3) is 22.1 Å². The molecular weight excluding hydrogens is 514 g/mol. The maximum absolute atomic E-state index is 12.5. The van der Waals surface area contributed by atoms with Gasteiger partial charge in [0.05, 0.1) is 16.4 Å². The molecule has 0 aliphatic heterocycles. The SMILES string of the molecule is O=S(=O)(Nc1ccc(-c2csc(-c3nsc(CCC(F)(F)F)n3)n2)c(Cl)c1)C(F)(F)F. The summed E-state index contributed by atoms with van der Waals surface area (Å²) in [4.78, 5) is 8.28. The van der Waals surface area contributed by atoms with E-state index in [2.05, 4.69) is 14.3 Å². The summed E-state index contributed by atoms with van der Waals surface area (Å²) in [5, 5.41) is 1.98. The average Bonchev–Trinajstić information content (AvgIpc) is 3.27. The van der Waals surface area contributed by atoms with Crippen LogP contribution in [0.4, 0.5) is 32.0 Å². The predicted octanol–water partition coefficient (Wildman–Crippen LogP) is 5.74. The maximum atomic E-state index is 12.5. The minimum absolute atomic E-state index is 0.0728. The van der Waals surface area contributed by atoms with Crippen molar-refractivity contribution in [1.29, 1.82) is 0 Å². The average molecular weight is 523 g/mol. The van der Waals surface area contributed by atoms with Gasteiger partial charge in [-0.1, -0.05) is 11.6 Å². The van der Waals surface area contributed by atoms with Crippen LogP contribution in [0, 0.1) is 0 Å². The number of sulfonamides is 1. The highest BCUT2D eigenvalue weighted by Gasteiger charge is 2.46. The molecule has 2 aromatic heterocycles. The van der Waals surface area contributed by atoms with Crippen molar-refractivity contribution in [2.75, 3.05) is 4.72 Å². The number of rotatable bonds is 6. The summed E-state index contributed by atoms with van der Waals surface area (Å²) in [7, 11) is -5.60. The van der Waals surface area contributed by atoms with Crippen molar-refractivity contribution in [2.45, 2.75) is 24.5 Å². The highest BCUT2D eigenvalue weighted by Crippen LogP contribution is 2.35. The molecule has 168 valence electrons. The molecule has 0 saturated carbocycles. The summed E-state index contributed by atoms with van der Waals surface area (Å²) in [5.74, 6) is 0.143. The fraction of sp³-hybridized carbons (Fsp3) is 0.267. The van der Waals surface area contributed by atoms with Crippen LogP contribution in [0.3, 0.4) is 0 Å². The first-order valence-electron chi connectivity index (χ1n) is 7.99. The Balaban J connectivity index is 1.78. The molecule has 0 spiro atoms. The van der Waals surface area contributed by atoms with Crippen LogP contribution in [0.15, 0.2) is 23.6 Å². The summed E-state index contributed by atoms with van der Waals surface area (Å²) in [6.45, 7) is 0. The number of aromatic nitrogens is 3. The van der Waals surface area contributed by atoms with Crippen LogP contribution < -0.4 is 4.72 Å². The minimum atomic E-state index is -5.60. The van der Waals surface area contributed by atoms with Crippen molar-refractivity contribution in [3.8, 4) is 22.1 Å². The Morgan fingerprint density at radius 1 is 1.10 bits per heavy atom. The number of aryl methyl sites for hydroxylation is 1. The zero-order chi connectivity index (χ0) is 23.0. The molecule has 0 fully saturated rings. The molecule has 1 N–H and O–H groups in total. The van der Waals surface area contributed by atoms with Gasteiger partial charge in [0.25, 0.3) is 0 Å². The van der Waals surface area contributed by atoms with E-state index < -0.39 is 33.8 Å². The first-order valence-corrected chi connectivity index (χ1v) is 11.5. The van der Waals surface area contributed by atoms with Crippen molar-refractivity contribution in [2.24, 2.45) is 0 Å². The Labute approximate surface area is 184 Å². The molecule has 0 unspecified atom stereocenters. The first-order chi connectivity index (χ1) is 14.2. The van der Waals surface area contributed by atoms with Gasteiger partial charge < -0.3 is 0 Å². The molecule has 1 aromatic carbocycles. The Bertz CT molecular complexity index is 1190. The number of nitrogens with zero attached hydrogens (tertiary/aromatic N) is 3. The third kappa shape index (κ3) is 5.84. The van der Waals surface area contributed by atoms with Gasteiger partial charge in [0, 0.05) is 23.8 Å². The fourth-order valence-electron chi connectivity index (χ4n) is 2.19. The van der Waals surface area contributed by atoms with Crippen molar-refractivity contribution in [3.63, 3.8) is 0 Å². The minimum Gasteiger partial charge on any atom is -0.276 e. The molecular formula is C15H9ClF6N4O2S3. The van der Waals surface area contributed by atoms with E-state index in [1.807, 2.05) is 0 Å². The lowest BCUT2D eigenvalue weighted by atomic mass is 10.1. The molecule has 0 amide bonds. The summed E-state index contributed by atoms with van der Waals surface area (Å²) in [6.07, 6.45) is -5.64. The quantitative estimate of drug-likeness (QED) is 0.417. The molecule has 16 heteroatoms. The lowest BCUT2D eigenvalue weighted by Crippen LogP contribution is -2.29. The molecule has 31 heavy (non-hydrogen) atoms. The molecule has 0 aliphatic carbocycles. The van der Waals surface area contributed by atoms with Crippen LogP contribution >= 0.6 is 34.5 Å². The van der Waals surface area contributed by atoms with Crippen LogP contribution in [-0.4, -0.2) is 34.4 Å². The standard InChI is InChI=1S/C15H9ClF6N4O2S3/c16-9-5-7(26-31(27,28)15(20,21)22)1-2-8(9)10-6-29-13(23-10)12-24-11(30-25-12)3-4-14(17,18)19/h1-2,5-6,26H,3-4H2. The van der Waals surface area contributed by atoms with E-state index in [4.69, 9.17) is 11.6 Å². The molecule has 0 aliphatic rings. The van der Waals surface area contributed by atoms with Gasteiger partial charge in [-0.15, -0.1) is 11.3 Å². The van der Waals surface area contributed by atoms with Gasteiger partial charge in [0.2, 0.25) is 5.82 Å². The van der Waals surface area contributed by atoms with Crippen LogP contribution in [0.1, 0.15) is 11.4 Å². The second-order valence-electron chi connectivity index (χ2n) is 5.91. The van der Waals surface area contributed by atoms with E-state index in [-0.39, 0.29) is 22.3 Å². The number of benzene rings is 1. The lowest BCUT2D eigenvalue weighted by molar-refractivity contribution is -0.134. The number of anilines is 1. The second kappa shape index (κ2) is 8.52. The van der Waals surface area contributed by atoms with E-state index in [0.717, 1.165) is 35.0 Å². The molecule has 0 bridgehead atoms. The molecule has 3 aromatic rings. The summed E-state index contributed by atoms with van der Waals surface area (Å²) < 4.78 is 102. The van der Waals surface area contributed by atoms with E-state index in [1.54, 1.807) is 5.38 Å². The van der Waals surface area contributed by atoms with Gasteiger partial charge in [0.1, 0.15) is 5.01 Å².